The molecule has 0 saturated heterocycles. The fourth-order valence-corrected chi connectivity index (χ4v) is 1.88. The molecule has 0 bridgehead atoms. The highest BCUT2D eigenvalue weighted by molar-refractivity contribution is 9.10. The highest BCUT2D eigenvalue weighted by Gasteiger charge is 2.16. The van der Waals surface area contributed by atoms with Crippen LogP contribution in [0.15, 0.2) is 41.1 Å². The van der Waals surface area contributed by atoms with Crippen LogP contribution in [0.5, 0.6) is 0 Å². The third-order valence-corrected chi connectivity index (χ3v) is 2.97. The van der Waals surface area contributed by atoms with Crippen LogP contribution in [0.25, 0.3) is 0 Å². The predicted molar refractivity (Wildman–Crippen MR) is 73.2 cm³/mol. The van der Waals surface area contributed by atoms with Gasteiger partial charge in [-0.1, -0.05) is 15.9 Å². The smallest absolute Gasteiger partial charge is 0.337 e. The van der Waals surface area contributed by atoms with E-state index in [9.17, 15) is 14.0 Å². The van der Waals surface area contributed by atoms with Crippen molar-refractivity contribution < 1.29 is 19.1 Å². The zero-order valence-corrected chi connectivity index (χ0v) is 11.5. The molecular weight excluding hydrogens is 331 g/mol. The van der Waals surface area contributed by atoms with E-state index >= 15 is 0 Å². The summed E-state index contributed by atoms with van der Waals surface area (Å²) in [5.41, 5.74) is -0.299. The van der Waals surface area contributed by atoms with Crippen molar-refractivity contribution in [1.82, 2.24) is 4.98 Å². The van der Waals surface area contributed by atoms with Gasteiger partial charge in [0.15, 0.2) is 0 Å². The second kappa shape index (κ2) is 5.79. The lowest BCUT2D eigenvalue weighted by atomic mass is 10.1. The number of amides is 1. The van der Waals surface area contributed by atoms with Crippen molar-refractivity contribution in [2.24, 2.45) is 0 Å². The molecule has 2 aromatic rings. The Morgan fingerprint density at radius 1 is 1.25 bits per heavy atom. The number of aromatic carboxylic acids is 1. The molecule has 0 fully saturated rings. The number of nitrogens with zero attached hydrogens (tertiary/aromatic N) is 1. The number of hydrogen-bond donors (Lipinski definition) is 2. The summed E-state index contributed by atoms with van der Waals surface area (Å²) >= 11 is 3.08. The van der Waals surface area contributed by atoms with Crippen molar-refractivity contribution in [2.45, 2.75) is 0 Å². The van der Waals surface area contributed by atoms with Crippen LogP contribution in [-0.4, -0.2) is 22.0 Å². The summed E-state index contributed by atoms with van der Waals surface area (Å²) in [5.74, 6) is -2.66. The molecule has 102 valence electrons. The van der Waals surface area contributed by atoms with Gasteiger partial charge >= 0.3 is 5.97 Å². The van der Waals surface area contributed by atoms with Gasteiger partial charge in [-0.05, 0) is 24.3 Å². The Bertz CT molecular complexity index is 691. The Kier molecular flexibility index (Phi) is 4.09. The first-order valence-electron chi connectivity index (χ1n) is 5.42. The van der Waals surface area contributed by atoms with Crippen LogP contribution in [0.4, 0.5) is 10.1 Å². The van der Waals surface area contributed by atoms with E-state index in [1.807, 2.05) is 0 Å². The fraction of sp³-hybridized carbons (Fsp3) is 0. The molecule has 0 radical (unpaired) electrons. The Morgan fingerprint density at radius 3 is 2.65 bits per heavy atom. The summed E-state index contributed by atoms with van der Waals surface area (Å²) in [7, 11) is 0. The summed E-state index contributed by atoms with van der Waals surface area (Å²) in [5, 5.41) is 11.3. The normalized spacial score (nSPS) is 10.1. The lowest BCUT2D eigenvalue weighted by molar-refractivity contribution is 0.0698. The second-order valence-electron chi connectivity index (χ2n) is 3.80. The molecule has 1 amide bonds. The highest BCUT2D eigenvalue weighted by atomic mass is 79.9. The molecule has 2 N–H and O–H groups in total. The molecule has 0 atom stereocenters. The van der Waals surface area contributed by atoms with Gasteiger partial charge in [-0.2, -0.15) is 0 Å². The lowest BCUT2D eigenvalue weighted by Gasteiger charge is -2.08. The van der Waals surface area contributed by atoms with Gasteiger partial charge in [0, 0.05) is 10.7 Å². The van der Waals surface area contributed by atoms with Crippen molar-refractivity contribution in [3.05, 3.63) is 58.1 Å². The van der Waals surface area contributed by atoms with E-state index in [1.165, 1.54) is 30.6 Å². The van der Waals surface area contributed by atoms with Gasteiger partial charge in [0.25, 0.3) is 5.91 Å². The molecule has 0 aliphatic heterocycles. The second-order valence-corrected chi connectivity index (χ2v) is 4.72. The number of rotatable bonds is 3. The number of nitrogens with one attached hydrogen (secondary N) is 1. The van der Waals surface area contributed by atoms with E-state index in [4.69, 9.17) is 5.11 Å². The number of carbonyl (C=O) groups excluding carboxylic acids is 1. The van der Waals surface area contributed by atoms with Gasteiger partial charge in [-0.15, -0.1) is 0 Å². The molecule has 1 aromatic carbocycles. The molecule has 0 saturated carbocycles. The quantitative estimate of drug-likeness (QED) is 0.901. The molecule has 0 aliphatic carbocycles. The minimum atomic E-state index is -1.21. The standard InChI is InChI=1S/C13H8BrFN2O3/c14-7-1-2-8(10(15)5-7)12(18)17-11-6-16-4-3-9(11)13(19)20/h1-6H,(H,17,18)(H,19,20). The lowest BCUT2D eigenvalue weighted by Crippen LogP contribution is -2.16. The summed E-state index contributed by atoms with van der Waals surface area (Å²) in [6.07, 6.45) is 2.48. The first kappa shape index (κ1) is 14.1. The number of aromatic nitrogens is 1. The van der Waals surface area contributed by atoms with E-state index in [2.05, 4.69) is 26.2 Å². The summed E-state index contributed by atoms with van der Waals surface area (Å²) in [4.78, 5) is 26.7. The van der Waals surface area contributed by atoms with Gasteiger partial charge in [0.2, 0.25) is 0 Å². The number of pyridine rings is 1. The maximum absolute atomic E-state index is 13.6. The number of benzene rings is 1. The molecule has 5 nitrogen and oxygen atoms in total. The minimum Gasteiger partial charge on any atom is -0.478 e. The maximum atomic E-state index is 13.6. The molecule has 1 heterocycles. The van der Waals surface area contributed by atoms with Crippen molar-refractivity contribution in [1.29, 1.82) is 0 Å². The molecule has 1 aromatic heterocycles. The predicted octanol–water partition coefficient (Wildman–Crippen LogP) is 2.93. The van der Waals surface area contributed by atoms with Crippen LogP contribution in [0.2, 0.25) is 0 Å². The Morgan fingerprint density at radius 2 is 2.00 bits per heavy atom. The highest BCUT2D eigenvalue weighted by Crippen LogP contribution is 2.18. The summed E-state index contributed by atoms with van der Waals surface area (Å²) in [6.45, 7) is 0. The number of carbonyl (C=O) groups is 2. The number of carboxylic acids is 1. The van der Waals surface area contributed by atoms with Crippen LogP contribution in [-0.2, 0) is 0 Å². The number of halogens is 2. The van der Waals surface area contributed by atoms with Gasteiger partial charge in [0.1, 0.15) is 5.82 Å². The molecule has 0 unspecified atom stereocenters. The van der Waals surface area contributed by atoms with Crippen LogP contribution in [0, 0.1) is 5.82 Å². The Balaban J connectivity index is 2.30. The molecule has 0 spiro atoms. The number of carboxylic acid groups (broad SMARTS) is 1. The van der Waals surface area contributed by atoms with Crippen molar-refractivity contribution in [3.63, 3.8) is 0 Å². The topological polar surface area (TPSA) is 79.3 Å². The molecule has 20 heavy (non-hydrogen) atoms. The maximum Gasteiger partial charge on any atom is 0.337 e. The van der Waals surface area contributed by atoms with Gasteiger partial charge in [-0.25, -0.2) is 9.18 Å². The minimum absolute atomic E-state index is 0.00678. The van der Waals surface area contributed by atoms with Crippen LogP contribution in [0.3, 0.4) is 0 Å². The van der Waals surface area contributed by atoms with Crippen LogP contribution >= 0.6 is 15.9 Å². The third-order valence-electron chi connectivity index (χ3n) is 2.48. The van der Waals surface area contributed by atoms with Crippen LogP contribution < -0.4 is 5.32 Å². The van der Waals surface area contributed by atoms with Crippen LogP contribution in [0.1, 0.15) is 20.7 Å². The van der Waals surface area contributed by atoms with E-state index < -0.39 is 17.7 Å². The third kappa shape index (κ3) is 3.00. The van der Waals surface area contributed by atoms with Gasteiger partial charge < -0.3 is 10.4 Å². The molecule has 7 heteroatoms. The first-order valence-corrected chi connectivity index (χ1v) is 6.22. The number of anilines is 1. The van der Waals surface area contributed by atoms with Crippen molar-refractivity contribution >= 4 is 33.5 Å². The fourth-order valence-electron chi connectivity index (χ4n) is 1.54. The zero-order valence-electron chi connectivity index (χ0n) is 9.93. The summed E-state index contributed by atoms with van der Waals surface area (Å²) < 4.78 is 14.1. The average Bonchev–Trinajstić information content (AvgIpc) is 2.38. The number of hydrogen-bond acceptors (Lipinski definition) is 3. The van der Waals surface area contributed by atoms with E-state index in [0.29, 0.717) is 4.47 Å². The SMILES string of the molecule is O=C(Nc1cnccc1C(=O)O)c1ccc(Br)cc1F. The van der Waals surface area contributed by atoms with Gasteiger partial charge in [-0.3, -0.25) is 9.78 Å². The monoisotopic (exact) mass is 338 g/mol. The molecule has 2 rings (SSSR count). The summed E-state index contributed by atoms with van der Waals surface area (Å²) in [6, 6.07) is 5.21. The van der Waals surface area contributed by atoms with Gasteiger partial charge in [0.05, 0.1) is 23.0 Å². The molecular formula is C13H8BrFN2O3. The largest absolute Gasteiger partial charge is 0.478 e. The van der Waals surface area contributed by atoms with Crippen molar-refractivity contribution in [2.75, 3.05) is 5.32 Å². The van der Waals surface area contributed by atoms with E-state index in [0.717, 1.165) is 6.07 Å². The Labute approximate surface area is 121 Å². The van der Waals surface area contributed by atoms with Crippen molar-refractivity contribution in [3.8, 4) is 0 Å². The zero-order chi connectivity index (χ0) is 14.7. The Hall–Kier alpha value is -2.28. The first-order chi connectivity index (χ1) is 9.49. The van der Waals surface area contributed by atoms with E-state index in [1.54, 1.807) is 0 Å². The molecule has 0 aliphatic rings. The van der Waals surface area contributed by atoms with E-state index in [-0.39, 0.29) is 16.8 Å². The average molecular weight is 339 g/mol.